The smallest absolute Gasteiger partial charge is 0.227 e. The van der Waals surface area contributed by atoms with Crippen molar-refractivity contribution in [2.75, 3.05) is 14.1 Å². The molecule has 0 aliphatic rings. The van der Waals surface area contributed by atoms with E-state index in [0.29, 0.717) is 5.84 Å². The number of rotatable bonds is 2. The van der Waals surface area contributed by atoms with Crippen molar-refractivity contribution in [3.63, 3.8) is 0 Å². The van der Waals surface area contributed by atoms with Crippen LogP contribution in [-0.4, -0.2) is 25.8 Å². The lowest BCUT2D eigenvalue weighted by Crippen LogP contribution is -2.25. The number of nitrogens with zero attached hydrogens (tertiary/aromatic N) is 1. The molecule has 0 bridgehead atoms. The van der Waals surface area contributed by atoms with Gasteiger partial charge in [0.1, 0.15) is 5.84 Å². The molecule has 0 aliphatic heterocycles. The first-order chi connectivity index (χ1) is 4.20. The van der Waals surface area contributed by atoms with Crippen molar-refractivity contribution in [3.05, 3.63) is 0 Å². The van der Waals surface area contributed by atoms with Gasteiger partial charge in [-0.3, -0.25) is 9.79 Å². The van der Waals surface area contributed by atoms with E-state index in [0.717, 1.165) is 0 Å². The molecular formula is C5H11N3O. The van der Waals surface area contributed by atoms with Crippen molar-refractivity contribution >= 4 is 11.7 Å². The minimum Gasteiger partial charge on any atom is -0.387 e. The standard InChI is InChI=1S/C5H11N3O/c1-7-4(6)3-5(9)8-2/h3H2,1-2H3,(H2,6,7)(H,8,9). The number of amides is 1. The summed E-state index contributed by atoms with van der Waals surface area (Å²) in [6.45, 7) is 0. The maximum absolute atomic E-state index is 10.5. The summed E-state index contributed by atoms with van der Waals surface area (Å²) in [5.74, 6) is 0.243. The SMILES string of the molecule is CN=C(N)CC(=O)NC. The monoisotopic (exact) mass is 129 g/mol. The molecule has 0 aromatic rings. The molecule has 3 N–H and O–H groups in total. The van der Waals surface area contributed by atoms with Crippen LogP contribution in [0.1, 0.15) is 6.42 Å². The second-order valence-corrected chi connectivity index (χ2v) is 1.56. The number of hydrogen-bond acceptors (Lipinski definition) is 2. The van der Waals surface area contributed by atoms with E-state index in [-0.39, 0.29) is 12.3 Å². The van der Waals surface area contributed by atoms with E-state index in [1.165, 1.54) is 0 Å². The van der Waals surface area contributed by atoms with Crippen molar-refractivity contribution < 1.29 is 4.79 Å². The molecule has 0 radical (unpaired) electrons. The number of carbonyl (C=O) groups excluding carboxylic acids is 1. The first kappa shape index (κ1) is 7.94. The van der Waals surface area contributed by atoms with Crippen LogP contribution < -0.4 is 11.1 Å². The van der Waals surface area contributed by atoms with Gasteiger partial charge in [0.15, 0.2) is 0 Å². The fraction of sp³-hybridized carbons (Fsp3) is 0.600. The largest absolute Gasteiger partial charge is 0.387 e. The van der Waals surface area contributed by atoms with E-state index in [9.17, 15) is 4.79 Å². The molecule has 4 nitrogen and oxygen atoms in total. The summed E-state index contributed by atoms with van der Waals surface area (Å²) in [4.78, 5) is 14.1. The van der Waals surface area contributed by atoms with E-state index in [1.807, 2.05) is 0 Å². The second-order valence-electron chi connectivity index (χ2n) is 1.56. The fourth-order valence-corrected chi connectivity index (χ4v) is 0.332. The lowest BCUT2D eigenvalue weighted by Gasteiger charge is -1.95. The average molecular weight is 129 g/mol. The highest BCUT2D eigenvalue weighted by molar-refractivity contribution is 5.98. The maximum atomic E-state index is 10.5. The Morgan fingerprint density at radius 2 is 2.33 bits per heavy atom. The quantitative estimate of drug-likeness (QED) is 0.375. The van der Waals surface area contributed by atoms with E-state index < -0.39 is 0 Å². The molecule has 1 amide bonds. The normalized spacial score (nSPS) is 11.1. The zero-order valence-corrected chi connectivity index (χ0v) is 5.64. The molecular weight excluding hydrogens is 118 g/mol. The van der Waals surface area contributed by atoms with Crippen LogP contribution in [0.25, 0.3) is 0 Å². The summed E-state index contributed by atoms with van der Waals surface area (Å²) in [7, 11) is 3.11. The maximum Gasteiger partial charge on any atom is 0.227 e. The highest BCUT2D eigenvalue weighted by atomic mass is 16.1. The average Bonchev–Trinajstić information content (AvgIpc) is 1.87. The lowest BCUT2D eigenvalue weighted by atomic mass is 10.4. The van der Waals surface area contributed by atoms with Gasteiger partial charge in [0.25, 0.3) is 0 Å². The summed E-state index contributed by atoms with van der Waals surface area (Å²) < 4.78 is 0. The third-order valence-corrected chi connectivity index (χ3v) is 0.908. The summed E-state index contributed by atoms with van der Waals surface area (Å²) >= 11 is 0. The molecule has 0 aromatic carbocycles. The molecule has 52 valence electrons. The number of amidine groups is 1. The van der Waals surface area contributed by atoms with Gasteiger partial charge in [-0.25, -0.2) is 0 Å². The van der Waals surface area contributed by atoms with Crippen molar-refractivity contribution in [2.24, 2.45) is 10.7 Å². The van der Waals surface area contributed by atoms with Crippen LogP contribution in [0, 0.1) is 0 Å². The van der Waals surface area contributed by atoms with Crippen LogP contribution in [0.3, 0.4) is 0 Å². The number of nitrogens with two attached hydrogens (primary N) is 1. The summed E-state index contributed by atoms with van der Waals surface area (Å²) in [6.07, 6.45) is 0.187. The Kier molecular flexibility index (Phi) is 3.43. The van der Waals surface area contributed by atoms with Gasteiger partial charge in [-0.05, 0) is 0 Å². The Morgan fingerprint density at radius 1 is 1.78 bits per heavy atom. The van der Waals surface area contributed by atoms with Gasteiger partial charge < -0.3 is 11.1 Å². The molecule has 0 fully saturated rings. The topological polar surface area (TPSA) is 67.5 Å². The molecule has 0 spiro atoms. The van der Waals surface area contributed by atoms with Crippen molar-refractivity contribution in [3.8, 4) is 0 Å². The van der Waals surface area contributed by atoms with Crippen LogP contribution in [0.2, 0.25) is 0 Å². The van der Waals surface area contributed by atoms with Gasteiger partial charge in [-0.15, -0.1) is 0 Å². The van der Waals surface area contributed by atoms with Gasteiger partial charge in [-0.2, -0.15) is 0 Å². The van der Waals surface area contributed by atoms with E-state index >= 15 is 0 Å². The lowest BCUT2D eigenvalue weighted by molar-refractivity contribution is -0.119. The number of nitrogens with one attached hydrogen (secondary N) is 1. The third kappa shape index (κ3) is 3.52. The van der Waals surface area contributed by atoms with Crippen LogP contribution in [0.5, 0.6) is 0 Å². The van der Waals surface area contributed by atoms with Gasteiger partial charge in [0.05, 0.1) is 6.42 Å². The van der Waals surface area contributed by atoms with Crippen LogP contribution in [0.15, 0.2) is 4.99 Å². The Bertz CT molecular complexity index is 130. The fourth-order valence-electron chi connectivity index (χ4n) is 0.332. The first-order valence-corrected chi connectivity index (χ1v) is 2.62. The van der Waals surface area contributed by atoms with Crippen LogP contribution in [0.4, 0.5) is 0 Å². The minimum absolute atomic E-state index is 0.113. The summed E-state index contributed by atoms with van der Waals surface area (Å²) in [5, 5.41) is 2.43. The molecule has 0 aliphatic carbocycles. The van der Waals surface area contributed by atoms with E-state index in [2.05, 4.69) is 10.3 Å². The first-order valence-electron chi connectivity index (χ1n) is 2.62. The molecule has 0 rings (SSSR count). The van der Waals surface area contributed by atoms with Gasteiger partial charge in [-0.1, -0.05) is 0 Å². The van der Waals surface area contributed by atoms with Crippen molar-refractivity contribution in [2.45, 2.75) is 6.42 Å². The molecule has 0 heterocycles. The minimum atomic E-state index is -0.113. The predicted molar refractivity (Wildman–Crippen MR) is 36.2 cm³/mol. The third-order valence-electron chi connectivity index (χ3n) is 0.908. The Morgan fingerprint density at radius 3 is 2.67 bits per heavy atom. The number of aliphatic imine (C=N–C) groups is 1. The number of carbonyl (C=O) groups is 1. The predicted octanol–water partition coefficient (Wildman–Crippen LogP) is -0.890. The summed E-state index contributed by atoms with van der Waals surface area (Å²) in [5.41, 5.74) is 5.24. The van der Waals surface area contributed by atoms with E-state index in [4.69, 9.17) is 5.73 Å². The zero-order chi connectivity index (χ0) is 7.28. The molecule has 0 saturated heterocycles. The molecule has 0 atom stereocenters. The van der Waals surface area contributed by atoms with E-state index in [1.54, 1.807) is 14.1 Å². The molecule has 0 unspecified atom stereocenters. The van der Waals surface area contributed by atoms with Crippen LogP contribution in [-0.2, 0) is 4.79 Å². The molecule has 4 heteroatoms. The molecule has 0 saturated carbocycles. The Labute approximate surface area is 54.1 Å². The Balaban J connectivity index is 3.60. The zero-order valence-electron chi connectivity index (χ0n) is 5.64. The highest BCUT2D eigenvalue weighted by Crippen LogP contribution is 1.76. The van der Waals surface area contributed by atoms with Crippen molar-refractivity contribution in [1.29, 1.82) is 0 Å². The summed E-state index contributed by atoms with van der Waals surface area (Å²) in [6, 6.07) is 0. The van der Waals surface area contributed by atoms with Gasteiger partial charge in [0.2, 0.25) is 5.91 Å². The molecule has 9 heavy (non-hydrogen) atoms. The number of hydrogen-bond donors (Lipinski definition) is 2. The van der Waals surface area contributed by atoms with Gasteiger partial charge >= 0.3 is 0 Å². The molecule has 0 aromatic heterocycles. The highest BCUT2D eigenvalue weighted by Gasteiger charge is 1.98. The second kappa shape index (κ2) is 3.88. The van der Waals surface area contributed by atoms with Crippen LogP contribution >= 0.6 is 0 Å². The van der Waals surface area contributed by atoms with Crippen molar-refractivity contribution in [1.82, 2.24) is 5.32 Å². The van der Waals surface area contributed by atoms with Gasteiger partial charge in [0, 0.05) is 14.1 Å². The Hall–Kier alpha value is -1.06.